The Kier molecular flexibility index (Phi) is 31.6. The maximum absolute atomic E-state index is 8.74. The van der Waals surface area contributed by atoms with Gasteiger partial charge >= 0.3 is 9.17 Å². The molecule has 10 N–H and O–H groups in total. The number of rotatable bonds is 0. The normalized spacial score (nSPS) is 5.44. The fraction of sp³-hybridized carbons (Fsp3) is 0. The van der Waals surface area contributed by atoms with Crippen molar-refractivity contribution in [2.45, 2.75) is 0 Å². The minimum absolute atomic E-state index is 0.197. The molecule has 0 spiro atoms. The van der Waals surface area contributed by atoms with E-state index in [1.807, 2.05) is 6.79 Å². The average Bonchev–Trinajstić information content (AvgIpc) is 2.20. The van der Waals surface area contributed by atoms with Crippen molar-refractivity contribution in [3.05, 3.63) is 0 Å². The van der Waals surface area contributed by atoms with E-state index in [9.17, 15) is 0 Å². The fourth-order valence-corrected chi connectivity index (χ4v) is 0.115. The highest BCUT2D eigenvalue weighted by molar-refractivity contribution is 6.22. The maximum atomic E-state index is 8.74. The molecule has 0 heterocycles. The second-order valence-corrected chi connectivity index (χ2v) is 2.12. The van der Waals surface area contributed by atoms with Crippen LogP contribution >= 0.6 is 0 Å². The van der Waals surface area contributed by atoms with Gasteiger partial charge in [0.15, 0.2) is 0 Å². The number of guanidine groups is 2. The standard InChI is InChI=1S/2C2H4N4.CH2O.H2O3Si/c2*3-1-6-2(4)5;1-2;1-4(2)3/h2*(H4,4,5,6);1H2;1-2H. The van der Waals surface area contributed by atoms with Gasteiger partial charge in [-0.1, -0.05) is 0 Å². The molecule has 0 aliphatic heterocycles. The summed E-state index contributed by atoms with van der Waals surface area (Å²) in [5.74, 6) is -0.394. The van der Waals surface area contributed by atoms with Crippen LogP contribution in [0.5, 0.6) is 0 Å². The van der Waals surface area contributed by atoms with Gasteiger partial charge in [-0.05, 0) is 0 Å². The monoisotopic (exact) mass is 276 g/mol. The molecule has 0 saturated carbocycles. The number of hydrogen-bond donors (Lipinski definition) is 6. The van der Waals surface area contributed by atoms with Crippen molar-refractivity contribution in [3.63, 3.8) is 0 Å². The quantitative estimate of drug-likeness (QED) is 0.107. The first-order valence-corrected chi connectivity index (χ1v) is 4.74. The number of aliphatic imine (C=N–C) groups is 2. The molecule has 0 fully saturated rings. The molecule has 0 saturated heterocycles. The lowest BCUT2D eigenvalue weighted by Gasteiger charge is -1.74. The zero-order chi connectivity index (χ0) is 15.6. The highest BCUT2D eigenvalue weighted by Gasteiger charge is 1.85. The van der Waals surface area contributed by atoms with Crippen molar-refractivity contribution in [1.82, 2.24) is 0 Å². The molecule has 0 rings (SSSR count). The van der Waals surface area contributed by atoms with Crippen LogP contribution in [0.3, 0.4) is 0 Å². The van der Waals surface area contributed by atoms with Gasteiger partial charge in [0, 0.05) is 0 Å². The van der Waals surface area contributed by atoms with E-state index in [0.29, 0.717) is 0 Å². The number of nitrogens with zero attached hydrogens (tertiary/aromatic N) is 4. The first-order valence-electron chi connectivity index (χ1n) is 3.44. The van der Waals surface area contributed by atoms with Crippen LogP contribution in [-0.4, -0.2) is 37.5 Å². The third kappa shape index (κ3) is 227. The molecular weight excluding hydrogens is 264 g/mol. The lowest BCUT2D eigenvalue weighted by atomic mass is 11.1. The molecule has 18 heavy (non-hydrogen) atoms. The van der Waals surface area contributed by atoms with E-state index in [4.69, 9.17) is 52.3 Å². The largest absolute Gasteiger partial charge is 0.761 e. The van der Waals surface area contributed by atoms with Gasteiger partial charge in [-0.2, -0.15) is 10.5 Å². The van der Waals surface area contributed by atoms with E-state index >= 15 is 0 Å². The molecule has 0 aromatic heterocycles. The third-order valence-electron chi connectivity index (χ3n) is 0.358. The Morgan fingerprint density at radius 1 is 1.00 bits per heavy atom. The Hall–Kier alpha value is -3.19. The van der Waals surface area contributed by atoms with Crippen molar-refractivity contribution in [3.8, 4) is 12.4 Å². The van der Waals surface area contributed by atoms with Crippen LogP contribution < -0.4 is 22.9 Å². The van der Waals surface area contributed by atoms with Crippen molar-refractivity contribution in [2.75, 3.05) is 0 Å². The highest BCUT2D eigenvalue weighted by atomic mass is 28.3. The Morgan fingerprint density at radius 3 is 1.17 bits per heavy atom. The van der Waals surface area contributed by atoms with Crippen LogP contribution in [0.25, 0.3) is 0 Å². The van der Waals surface area contributed by atoms with E-state index in [2.05, 4.69) is 9.98 Å². The molecule has 0 atom stereocenters. The van der Waals surface area contributed by atoms with Crippen LogP contribution in [-0.2, 0) is 9.26 Å². The van der Waals surface area contributed by atoms with Crippen LogP contribution in [0.1, 0.15) is 0 Å². The summed E-state index contributed by atoms with van der Waals surface area (Å²) in [5, 5.41) is 15.3. The summed E-state index contributed by atoms with van der Waals surface area (Å²) in [6.07, 6.45) is 2.81. The third-order valence-corrected chi connectivity index (χ3v) is 0.358. The summed E-state index contributed by atoms with van der Waals surface area (Å²) in [7, 11) is -3.13. The lowest BCUT2D eigenvalue weighted by Crippen LogP contribution is -2.21. The van der Waals surface area contributed by atoms with Gasteiger partial charge in [0.1, 0.15) is 6.79 Å². The number of carbonyl (C=O) groups is 1. The second-order valence-electron chi connectivity index (χ2n) is 1.56. The van der Waals surface area contributed by atoms with Gasteiger partial charge < -0.3 is 37.3 Å². The lowest BCUT2D eigenvalue weighted by molar-refractivity contribution is -0.0980. The van der Waals surface area contributed by atoms with Crippen molar-refractivity contribution in [2.24, 2.45) is 32.9 Å². The molecule has 0 aliphatic rings. The summed E-state index contributed by atoms with van der Waals surface area (Å²) in [4.78, 5) is 28.1. The predicted octanol–water partition coefficient (Wildman–Crippen LogP) is -4.32. The molecule has 0 aliphatic carbocycles. The van der Waals surface area contributed by atoms with Crippen molar-refractivity contribution in [1.29, 1.82) is 10.5 Å². The van der Waals surface area contributed by atoms with Gasteiger partial charge in [0.05, 0.1) is 0 Å². The molecule has 0 bridgehead atoms. The molecule has 0 aromatic rings. The summed E-state index contributed by atoms with van der Waals surface area (Å²) in [6.45, 7) is 2.00. The number of nitrogens with two attached hydrogens (primary N) is 4. The molecule has 0 aromatic carbocycles. The summed E-state index contributed by atoms with van der Waals surface area (Å²) in [5.41, 5.74) is 18.8. The minimum atomic E-state index is -3.13. The first-order chi connectivity index (χ1) is 8.27. The Morgan fingerprint density at radius 2 is 1.17 bits per heavy atom. The molecule has 0 radical (unpaired) electrons. The van der Waals surface area contributed by atoms with E-state index < -0.39 is 9.17 Å². The number of nitriles is 2. The molecule has 12 nitrogen and oxygen atoms in total. The Bertz CT molecular complexity index is 315. The fourth-order valence-electron chi connectivity index (χ4n) is 0.115. The smallest absolute Gasteiger partial charge is 0.511 e. The summed E-state index contributed by atoms with van der Waals surface area (Å²) < 4.78 is 8.74. The SMILES string of the molecule is C=O.N#CN=C(N)N.N#CN=C(N)N.O=[Si](O)O. The van der Waals surface area contributed by atoms with Gasteiger partial charge in [-0.15, -0.1) is 9.98 Å². The van der Waals surface area contributed by atoms with Gasteiger partial charge in [0.2, 0.25) is 24.3 Å². The molecule has 100 valence electrons. The van der Waals surface area contributed by atoms with Gasteiger partial charge in [-0.3, -0.25) is 4.46 Å². The second kappa shape index (κ2) is 23.5. The highest BCUT2D eigenvalue weighted by Crippen LogP contribution is 1.50. The van der Waals surface area contributed by atoms with Crippen LogP contribution in [0.15, 0.2) is 9.98 Å². The number of carbonyl (C=O) groups excluding carboxylic acids is 1. The molecule has 0 amide bonds. The maximum Gasteiger partial charge on any atom is 0.761 e. The zero-order valence-corrected chi connectivity index (χ0v) is 10.0. The summed E-state index contributed by atoms with van der Waals surface area (Å²) in [6, 6.07) is 0. The predicted molar refractivity (Wildman–Crippen MR) is 60.8 cm³/mol. The van der Waals surface area contributed by atoms with E-state index in [-0.39, 0.29) is 11.9 Å². The average molecular weight is 276 g/mol. The van der Waals surface area contributed by atoms with Gasteiger partial charge in [0.25, 0.3) is 0 Å². The van der Waals surface area contributed by atoms with Crippen molar-refractivity contribution < 1.29 is 18.8 Å². The Labute approximate surface area is 103 Å². The van der Waals surface area contributed by atoms with Crippen LogP contribution in [0.4, 0.5) is 0 Å². The van der Waals surface area contributed by atoms with Crippen LogP contribution in [0, 0.1) is 22.9 Å². The van der Waals surface area contributed by atoms with Gasteiger partial charge in [-0.25, -0.2) is 0 Å². The van der Waals surface area contributed by atoms with E-state index in [0.717, 1.165) is 0 Å². The van der Waals surface area contributed by atoms with Crippen molar-refractivity contribution >= 4 is 27.9 Å². The number of hydrogen-bond acceptors (Lipinski definition) is 6. The topological polar surface area (TPSA) is 251 Å². The molecular formula is C5H12N8O4Si. The molecule has 13 heteroatoms. The minimum Gasteiger partial charge on any atom is -0.511 e. The van der Waals surface area contributed by atoms with Crippen LogP contribution in [0.2, 0.25) is 0 Å². The summed E-state index contributed by atoms with van der Waals surface area (Å²) >= 11 is 0. The first kappa shape index (κ1) is 24.2. The zero-order valence-electron chi connectivity index (χ0n) is 9.02. The molecule has 0 unspecified atom stereocenters. The Balaban J connectivity index is -0.0000000777. The van der Waals surface area contributed by atoms with E-state index in [1.165, 1.54) is 12.4 Å². The van der Waals surface area contributed by atoms with E-state index in [1.54, 1.807) is 0 Å².